The number of hydrogen-bond donors (Lipinski definition) is 2. The van der Waals surface area contributed by atoms with Gasteiger partial charge in [0.1, 0.15) is 28.6 Å². The summed E-state index contributed by atoms with van der Waals surface area (Å²) in [6, 6.07) is 20.0. The number of benzene rings is 3. The molecule has 1 amide bonds. The van der Waals surface area contributed by atoms with Gasteiger partial charge in [0.05, 0.1) is 41.0 Å². The Balaban J connectivity index is 1.49. The molecular formula is C33H27FN4O6S. The maximum Gasteiger partial charge on any atom is 0.255 e. The summed E-state index contributed by atoms with van der Waals surface area (Å²) in [5, 5.41) is 13.9. The molecule has 1 aliphatic rings. The van der Waals surface area contributed by atoms with Crippen LogP contribution in [0.25, 0.3) is 55.8 Å². The number of pyridine rings is 1. The number of nitrogens with zero attached hydrogens (tertiary/aromatic N) is 3. The van der Waals surface area contributed by atoms with Gasteiger partial charge in [-0.15, -0.1) is 0 Å². The fourth-order valence-electron chi connectivity index (χ4n) is 5.78. The number of furan rings is 1. The fraction of sp³-hybridized carbons (Fsp3) is 0.152. The molecule has 3 aromatic heterocycles. The van der Waals surface area contributed by atoms with Gasteiger partial charge in [0.25, 0.3) is 5.91 Å². The number of hydrogen-bond acceptors (Lipinski definition) is 7. The van der Waals surface area contributed by atoms with E-state index in [0.29, 0.717) is 33.7 Å². The molecule has 0 spiro atoms. The Morgan fingerprint density at radius 2 is 1.87 bits per heavy atom. The van der Waals surface area contributed by atoms with Crippen molar-refractivity contribution in [3.8, 4) is 39.7 Å². The number of carbonyl (C=O) groups is 1. The van der Waals surface area contributed by atoms with Crippen molar-refractivity contribution in [2.24, 2.45) is 0 Å². The number of aromatic nitrogens is 2. The highest BCUT2D eigenvalue weighted by molar-refractivity contribution is 7.92. The van der Waals surface area contributed by atoms with E-state index >= 15 is 0 Å². The van der Waals surface area contributed by atoms with E-state index < -0.39 is 21.7 Å². The molecule has 0 aliphatic carbocycles. The monoisotopic (exact) mass is 626 g/mol. The number of sulfonamides is 1. The summed E-state index contributed by atoms with van der Waals surface area (Å²) in [6.07, 6.45) is 1.09. The van der Waals surface area contributed by atoms with Crippen LogP contribution in [0, 0.1) is 5.82 Å². The minimum atomic E-state index is -3.74. The summed E-state index contributed by atoms with van der Waals surface area (Å²) < 4.78 is 54.7. The molecule has 0 saturated carbocycles. The maximum absolute atomic E-state index is 13.7. The Labute approximate surface area is 257 Å². The van der Waals surface area contributed by atoms with Crippen LogP contribution < -0.4 is 14.4 Å². The average Bonchev–Trinajstić information content (AvgIpc) is 3.61. The van der Waals surface area contributed by atoms with E-state index in [9.17, 15) is 22.7 Å². The van der Waals surface area contributed by atoms with Gasteiger partial charge in [0.2, 0.25) is 10.0 Å². The molecule has 0 saturated heterocycles. The number of aliphatic hydroxyl groups excluding tert-OH is 1. The number of halogens is 1. The highest BCUT2D eigenvalue weighted by Gasteiger charge is 2.28. The zero-order chi connectivity index (χ0) is 31.6. The van der Waals surface area contributed by atoms with E-state index in [0.717, 1.165) is 32.7 Å². The molecule has 45 heavy (non-hydrogen) atoms. The van der Waals surface area contributed by atoms with Crippen molar-refractivity contribution < 1.29 is 31.9 Å². The Morgan fingerprint density at radius 1 is 1.09 bits per heavy atom. The predicted molar refractivity (Wildman–Crippen MR) is 169 cm³/mol. The molecule has 2 N–H and O–H groups in total. The second kappa shape index (κ2) is 10.5. The standard InChI is InChI=1S/C33H27FN4O6S/c1-35-33(40)30-23-13-22(26(37(2)45(3,41)42)15-29(23)44-32(30)18-7-9-20(34)10-8-18)24-11-12-28-31(36-24)27-14-21-19(16-39)5-4-6-25(21)38(27)17-43-28/h4-15,39H,16-17H2,1-3H3,(H,35,40). The Morgan fingerprint density at radius 3 is 2.58 bits per heavy atom. The second-order valence-electron chi connectivity index (χ2n) is 10.8. The van der Waals surface area contributed by atoms with E-state index in [-0.39, 0.29) is 35.9 Å². The lowest BCUT2D eigenvalue weighted by Gasteiger charge is -2.23. The third-order valence-electron chi connectivity index (χ3n) is 8.14. The highest BCUT2D eigenvalue weighted by atomic mass is 32.2. The third-order valence-corrected chi connectivity index (χ3v) is 9.33. The van der Waals surface area contributed by atoms with E-state index in [1.54, 1.807) is 24.3 Å². The number of fused-ring (bicyclic) bond motifs is 6. The number of rotatable bonds is 6. The third kappa shape index (κ3) is 4.61. The van der Waals surface area contributed by atoms with Gasteiger partial charge in [0.15, 0.2) is 6.73 Å². The van der Waals surface area contributed by atoms with Gasteiger partial charge < -0.3 is 24.1 Å². The van der Waals surface area contributed by atoms with Crippen LogP contribution in [-0.4, -0.2) is 49.3 Å². The first-order chi connectivity index (χ1) is 21.6. The van der Waals surface area contributed by atoms with Crippen LogP contribution in [0.4, 0.5) is 10.1 Å². The zero-order valence-electron chi connectivity index (χ0n) is 24.5. The number of nitrogens with one attached hydrogen (secondary N) is 1. The minimum absolute atomic E-state index is 0.124. The van der Waals surface area contributed by atoms with Gasteiger partial charge in [-0.3, -0.25) is 9.10 Å². The van der Waals surface area contributed by atoms with E-state index in [1.807, 2.05) is 28.8 Å². The van der Waals surface area contributed by atoms with Crippen LogP contribution in [0.1, 0.15) is 15.9 Å². The van der Waals surface area contributed by atoms with Crippen molar-refractivity contribution in [1.82, 2.24) is 14.9 Å². The van der Waals surface area contributed by atoms with E-state index in [1.165, 1.54) is 38.4 Å². The first-order valence-electron chi connectivity index (χ1n) is 14.0. The SMILES string of the molecule is CNC(=O)c1c(-c2ccc(F)cc2)oc2cc(N(C)S(C)(=O)=O)c(-c3ccc4c(n3)-c3cc5c(CO)cccc5n3CO4)cc12. The molecule has 10 nitrogen and oxygen atoms in total. The van der Waals surface area contributed by atoms with Crippen LogP contribution in [0.2, 0.25) is 0 Å². The molecular weight excluding hydrogens is 599 g/mol. The van der Waals surface area contributed by atoms with E-state index in [2.05, 4.69) is 5.32 Å². The molecule has 0 atom stereocenters. The van der Waals surface area contributed by atoms with Crippen LogP contribution >= 0.6 is 0 Å². The predicted octanol–water partition coefficient (Wildman–Crippen LogP) is 5.52. The largest absolute Gasteiger partial charge is 0.470 e. The molecule has 228 valence electrons. The quantitative estimate of drug-likeness (QED) is 0.249. The van der Waals surface area contributed by atoms with Crippen molar-refractivity contribution in [3.05, 3.63) is 89.7 Å². The molecule has 0 bridgehead atoms. The molecule has 4 heterocycles. The first kappa shape index (κ1) is 28.6. The van der Waals surface area contributed by atoms with Gasteiger partial charge in [-0.1, -0.05) is 12.1 Å². The summed E-state index contributed by atoms with van der Waals surface area (Å²) in [5.41, 5.74) is 5.07. The Kier molecular flexibility index (Phi) is 6.64. The number of amides is 1. The number of ether oxygens (including phenoxy) is 1. The highest BCUT2D eigenvalue weighted by Crippen LogP contribution is 2.43. The van der Waals surface area contributed by atoms with Gasteiger partial charge in [-0.05, 0) is 60.2 Å². The van der Waals surface area contributed by atoms with Crippen molar-refractivity contribution in [2.45, 2.75) is 13.3 Å². The summed E-state index contributed by atoms with van der Waals surface area (Å²) in [5.74, 6) is -0.110. The zero-order valence-corrected chi connectivity index (χ0v) is 25.3. The smallest absolute Gasteiger partial charge is 0.255 e. The lowest BCUT2D eigenvalue weighted by Crippen LogP contribution is -2.25. The van der Waals surface area contributed by atoms with E-state index in [4.69, 9.17) is 14.1 Å². The van der Waals surface area contributed by atoms with Gasteiger partial charge >= 0.3 is 0 Å². The molecule has 0 radical (unpaired) electrons. The van der Waals surface area contributed by atoms with Gasteiger partial charge in [0, 0.05) is 42.1 Å². The molecule has 12 heteroatoms. The maximum atomic E-state index is 13.7. The number of carbonyl (C=O) groups excluding carboxylic acids is 1. The molecule has 7 rings (SSSR count). The summed E-state index contributed by atoms with van der Waals surface area (Å²) in [6.45, 7) is 0.133. The second-order valence-corrected chi connectivity index (χ2v) is 12.8. The van der Waals surface area contributed by atoms with Crippen LogP contribution in [0.5, 0.6) is 5.75 Å². The van der Waals surface area contributed by atoms with Crippen LogP contribution in [0.15, 0.2) is 77.2 Å². The first-order valence-corrected chi connectivity index (χ1v) is 15.8. The van der Waals surface area contributed by atoms with Gasteiger partial charge in [-0.2, -0.15) is 0 Å². The topological polar surface area (TPSA) is 127 Å². The van der Waals surface area contributed by atoms with Gasteiger partial charge in [-0.25, -0.2) is 17.8 Å². The number of anilines is 1. The molecule has 3 aromatic carbocycles. The minimum Gasteiger partial charge on any atom is -0.470 e. The normalized spacial score (nSPS) is 12.6. The van der Waals surface area contributed by atoms with Crippen molar-refractivity contribution in [1.29, 1.82) is 0 Å². The Hall–Kier alpha value is -5.20. The molecule has 0 unspecified atom stereocenters. The number of aliphatic hydroxyl groups is 1. The Bertz CT molecular complexity index is 2280. The van der Waals surface area contributed by atoms with Crippen molar-refractivity contribution in [2.75, 3.05) is 24.7 Å². The lowest BCUT2D eigenvalue weighted by molar-refractivity contribution is 0.0964. The summed E-state index contributed by atoms with van der Waals surface area (Å²) in [4.78, 5) is 18.2. The lowest BCUT2D eigenvalue weighted by atomic mass is 10.0. The van der Waals surface area contributed by atoms with Crippen molar-refractivity contribution >= 4 is 43.5 Å². The molecule has 1 aliphatic heterocycles. The summed E-state index contributed by atoms with van der Waals surface area (Å²) in [7, 11) is -0.812. The van der Waals surface area contributed by atoms with Crippen LogP contribution in [-0.2, 0) is 23.4 Å². The fourth-order valence-corrected chi connectivity index (χ4v) is 6.29. The molecule has 0 fully saturated rings. The van der Waals surface area contributed by atoms with Crippen molar-refractivity contribution in [3.63, 3.8) is 0 Å². The summed E-state index contributed by atoms with van der Waals surface area (Å²) >= 11 is 0. The van der Waals surface area contributed by atoms with Crippen LogP contribution in [0.3, 0.4) is 0 Å². The molecule has 6 aromatic rings. The average molecular weight is 627 g/mol.